The number of halogens is 1. The van der Waals surface area contributed by atoms with Crippen LogP contribution in [0.4, 0.5) is 0 Å². The number of hydrogen-bond donors (Lipinski definition) is 1. The van der Waals surface area contributed by atoms with Gasteiger partial charge in [0.15, 0.2) is 9.84 Å². The molecule has 2 N–H and O–H groups in total. The number of sulfone groups is 1. The first-order valence-corrected chi connectivity index (χ1v) is 8.88. The summed E-state index contributed by atoms with van der Waals surface area (Å²) < 4.78 is 29.5. The molecule has 110 valence electrons. The molecule has 1 fully saturated rings. The number of carbonyl (C=O) groups is 1. The van der Waals surface area contributed by atoms with Crippen molar-refractivity contribution in [3.63, 3.8) is 0 Å². The summed E-state index contributed by atoms with van der Waals surface area (Å²) in [6.07, 6.45) is 1.09. The maximum absolute atomic E-state index is 12.0. The summed E-state index contributed by atoms with van der Waals surface area (Å²) in [4.78, 5) is 12.0. The minimum absolute atomic E-state index is 0.168. The fraction of sp³-hybridized carbons (Fsp3) is 0.462. The second-order valence-electron chi connectivity index (χ2n) is 4.93. The Balaban J connectivity index is 2.41. The van der Waals surface area contributed by atoms with E-state index < -0.39 is 32.5 Å². The van der Waals surface area contributed by atoms with E-state index in [0.717, 1.165) is 16.3 Å². The fourth-order valence-electron chi connectivity index (χ4n) is 2.60. The molecule has 1 aromatic carbocycles. The lowest BCUT2D eigenvalue weighted by molar-refractivity contribution is -0.145. The van der Waals surface area contributed by atoms with Crippen LogP contribution in [0.2, 0.25) is 0 Å². The van der Waals surface area contributed by atoms with Crippen molar-refractivity contribution < 1.29 is 17.9 Å². The van der Waals surface area contributed by atoms with Crippen LogP contribution in [0.5, 0.6) is 0 Å². The van der Waals surface area contributed by atoms with Gasteiger partial charge in [-0.1, -0.05) is 28.1 Å². The van der Waals surface area contributed by atoms with Crippen molar-refractivity contribution in [2.75, 3.05) is 12.9 Å². The van der Waals surface area contributed by atoms with Crippen LogP contribution >= 0.6 is 15.9 Å². The van der Waals surface area contributed by atoms with Gasteiger partial charge in [0.1, 0.15) is 5.54 Å². The molecule has 1 saturated carbocycles. The van der Waals surface area contributed by atoms with Crippen LogP contribution in [0.25, 0.3) is 0 Å². The molecule has 20 heavy (non-hydrogen) atoms. The van der Waals surface area contributed by atoms with E-state index >= 15 is 0 Å². The molecule has 0 bridgehead atoms. The average molecular weight is 362 g/mol. The molecule has 0 heterocycles. The van der Waals surface area contributed by atoms with Crippen LogP contribution in [0, 0.1) is 0 Å². The predicted octanol–water partition coefficient (Wildman–Crippen LogP) is 1.22. The van der Waals surface area contributed by atoms with Gasteiger partial charge in [-0.3, -0.25) is 0 Å². The summed E-state index contributed by atoms with van der Waals surface area (Å²) in [6, 6.07) is 7.11. The van der Waals surface area contributed by atoms with E-state index in [9.17, 15) is 13.2 Å². The van der Waals surface area contributed by atoms with Crippen molar-refractivity contribution in [2.45, 2.75) is 23.6 Å². The Bertz CT molecular complexity index is 628. The van der Waals surface area contributed by atoms with Crippen molar-refractivity contribution in [3.8, 4) is 0 Å². The molecule has 0 aliphatic heterocycles. The van der Waals surface area contributed by atoms with Crippen LogP contribution in [0.15, 0.2) is 28.7 Å². The molecule has 5 nitrogen and oxygen atoms in total. The topological polar surface area (TPSA) is 86.5 Å². The van der Waals surface area contributed by atoms with Crippen molar-refractivity contribution in [2.24, 2.45) is 5.73 Å². The smallest absolute Gasteiger partial charge is 0.328 e. The Kier molecular flexibility index (Phi) is 3.96. The molecular weight excluding hydrogens is 346 g/mol. The second-order valence-corrected chi connectivity index (χ2v) is 8.02. The van der Waals surface area contributed by atoms with Gasteiger partial charge in [-0.2, -0.15) is 0 Å². The number of benzene rings is 1. The number of esters is 1. The van der Waals surface area contributed by atoms with Crippen LogP contribution in [-0.4, -0.2) is 38.0 Å². The molecule has 1 aliphatic carbocycles. The Hall–Kier alpha value is -0.920. The first-order valence-electron chi connectivity index (χ1n) is 6.13. The zero-order valence-electron chi connectivity index (χ0n) is 11.2. The molecule has 0 spiro atoms. The molecule has 0 radical (unpaired) electrons. The monoisotopic (exact) mass is 361 g/mol. The van der Waals surface area contributed by atoms with Crippen LogP contribution in [0.3, 0.4) is 0 Å². The van der Waals surface area contributed by atoms with E-state index in [1.165, 1.54) is 0 Å². The first kappa shape index (κ1) is 15.5. The van der Waals surface area contributed by atoms with Crippen molar-refractivity contribution in [1.82, 2.24) is 0 Å². The third-order valence-corrected chi connectivity index (χ3v) is 5.61. The van der Waals surface area contributed by atoms with Crippen LogP contribution < -0.4 is 5.73 Å². The highest BCUT2D eigenvalue weighted by Crippen LogP contribution is 2.54. The Morgan fingerprint density at radius 3 is 2.40 bits per heavy atom. The highest BCUT2D eigenvalue weighted by molar-refractivity contribution is 9.10. The number of rotatable bonds is 4. The minimum atomic E-state index is -3.45. The molecule has 7 heteroatoms. The normalized spacial score (nSPS) is 29.0. The zero-order chi connectivity index (χ0) is 15.1. The standard InChI is InChI=1S/C13H16BrNO4S/c1-3-19-12(16)13(15)10(11(13)20(2,17)18)8-4-6-9(14)7-5-8/h4-7,10-11H,3,15H2,1-2H3. The van der Waals surface area contributed by atoms with E-state index in [2.05, 4.69) is 15.9 Å². The number of hydrogen-bond acceptors (Lipinski definition) is 5. The van der Waals surface area contributed by atoms with Crippen molar-refractivity contribution in [3.05, 3.63) is 34.3 Å². The zero-order valence-corrected chi connectivity index (χ0v) is 13.6. The van der Waals surface area contributed by atoms with E-state index in [1.54, 1.807) is 31.2 Å². The highest BCUT2D eigenvalue weighted by Gasteiger charge is 2.73. The summed E-state index contributed by atoms with van der Waals surface area (Å²) >= 11 is 3.31. The van der Waals surface area contributed by atoms with E-state index in [1.807, 2.05) is 0 Å². The molecule has 0 aromatic heterocycles. The van der Waals surface area contributed by atoms with Gasteiger partial charge in [-0.25, -0.2) is 13.2 Å². The maximum atomic E-state index is 12.0. The molecule has 1 aliphatic rings. The lowest BCUT2D eigenvalue weighted by Gasteiger charge is -2.10. The van der Waals surface area contributed by atoms with Crippen molar-refractivity contribution in [1.29, 1.82) is 0 Å². The maximum Gasteiger partial charge on any atom is 0.328 e. The summed E-state index contributed by atoms with van der Waals surface area (Å²) in [5, 5.41) is -0.935. The molecular formula is C13H16BrNO4S. The van der Waals surface area contributed by atoms with Gasteiger partial charge in [-0.15, -0.1) is 0 Å². The Morgan fingerprint density at radius 1 is 1.40 bits per heavy atom. The molecule has 3 atom stereocenters. The summed E-state index contributed by atoms with van der Waals surface area (Å²) in [7, 11) is -3.45. The third-order valence-electron chi connectivity index (χ3n) is 3.50. The van der Waals surface area contributed by atoms with Gasteiger partial charge in [0, 0.05) is 16.6 Å². The summed E-state index contributed by atoms with van der Waals surface area (Å²) in [5.74, 6) is -1.23. The van der Waals surface area contributed by atoms with Crippen molar-refractivity contribution >= 4 is 31.7 Å². The van der Waals surface area contributed by atoms with Crippen LogP contribution in [0.1, 0.15) is 18.4 Å². The van der Waals surface area contributed by atoms with E-state index in [-0.39, 0.29) is 6.61 Å². The summed E-state index contributed by atoms with van der Waals surface area (Å²) in [6.45, 7) is 1.83. The molecule has 2 rings (SSSR count). The Labute approximate surface area is 126 Å². The van der Waals surface area contributed by atoms with Gasteiger partial charge < -0.3 is 10.5 Å². The first-order chi connectivity index (χ1) is 9.22. The number of ether oxygens (including phenoxy) is 1. The highest BCUT2D eigenvalue weighted by atomic mass is 79.9. The third kappa shape index (κ3) is 2.49. The van der Waals surface area contributed by atoms with Gasteiger partial charge in [0.05, 0.1) is 11.9 Å². The number of carbonyl (C=O) groups excluding carboxylic acids is 1. The number of nitrogens with two attached hydrogens (primary N) is 1. The largest absolute Gasteiger partial charge is 0.465 e. The Morgan fingerprint density at radius 2 is 1.95 bits per heavy atom. The molecule has 1 aromatic rings. The van der Waals surface area contributed by atoms with E-state index in [0.29, 0.717) is 0 Å². The quantitative estimate of drug-likeness (QED) is 0.814. The van der Waals surface area contributed by atoms with Crippen LogP contribution in [-0.2, 0) is 19.4 Å². The van der Waals surface area contributed by atoms with E-state index in [4.69, 9.17) is 10.5 Å². The SMILES string of the molecule is CCOC(=O)C1(N)C(c2ccc(Br)cc2)C1S(C)(=O)=O. The van der Waals surface area contributed by atoms with Gasteiger partial charge >= 0.3 is 5.97 Å². The average Bonchev–Trinajstić information content (AvgIpc) is 2.99. The predicted molar refractivity (Wildman–Crippen MR) is 79.1 cm³/mol. The summed E-state index contributed by atoms with van der Waals surface area (Å²) in [5.41, 5.74) is 5.29. The minimum Gasteiger partial charge on any atom is -0.465 e. The van der Waals surface area contributed by atoms with Gasteiger partial charge in [-0.05, 0) is 24.6 Å². The van der Waals surface area contributed by atoms with Gasteiger partial charge in [0.25, 0.3) is 0 Å². The fourth-order valence-corrected chi connectivity index (χ4v) is 4.61. The molecule has 0 amide bonds. The molecule has 0 saturated heterocycles. The molecule has 3 unspecified atom stereocenters. The van der Waals surface area contributed by atoms with Gasteiger partial charge in [0.2, 0.25) is 0 Å². The lowest BCUT2D eigenvalue weighted by Crippen LogP contribution is -2.41. The second kappa shape index (κ2) is 5.13. The lowest BCUT2D eigenvalue weighted by atomic mass is 10.1.